The fraction of sp³-hybridized carbons (Fsp3) is 0.130. The Labute approximate surface area is 192 Å². The minimum Gasteiger partial charge on any atom is -0.378 e. The molecule has 0 atom stereocenters. The van der Waals surface area contributed by atoms with Crippen molar-refractivity contribution in [3.05, 3.63) is 88.4 Å². The predicted octanol–water partition coefficient (Wildman–Crippen LogP) is 4.52. The molecule has 0 fully saturated rings. The first-order chi connectivity index (χ1) is 14.8. The summed E-state index contributed by atoms with van der Waals surface area (Å²) in [4.78, 5) is 14.6. The van der Waals surface area contributed by atoms with Crippen LogP contribution in [0.25, 0.3) is 0 Å². The second-order valence-corrected chi connectivity index (χ2v) is 10.8. The lowest BCUT2D eigenvalue weighted by Gasteiger charge is -2.18. The van der Waals surface area contributed by atoms with Crippen LogP contribution in [0.5, 0.6) is 0 Å². The van der Waals surface area contributed by atoms with Gasteiger partial charge in [0.2, 0.25) is 5.91 Å². The van der Waals surface area contributed by atoms with E-state index >= 15 is 0 Å². The monoisotopic (exact) mass is 473 g/mol. The third kappa shape index (κ3) is 5.98. The third-order valence-corrected chi connectivity index (χ3v) is 8.17. The number of carbonyl (C=O) groups excluding carboxylic acids is 1. The highest BCUT2D eigenvalue weighted by Gasteiger charge is 2.30. The standard InChI is InChI=1S/C23H22Cl2N3O2P/c1-28(2)20-9-3-17(4-10-20)15-26-27-23(29)16-31(30,21-11-5-18(24)6-12-21)22-13-7-19(25)8-14-22/h3-15H,16H2,1-2H3,(H,27,29)/b26-15+. The normalized spacial score (nSPS) is 11.5. The SMILES string of the molecule is CN(C)c1ccc(/C=N/NC(=O)CP(=O)(c2ccc(Cl)cc2)c2ccc(Cl)cc2)cc1. The zero-order valence-corrected chi connectivity index (χ0v) is 19.5. The van der Waals surface area contributed by atoms with E-state index in [1.807, 2.05) is 43.3 Å². The second-order valence-electron chi connectivity index (χ2n) is 7.13. The van der Waals surface area contributed by atoms with E-state index in [2.05, 4.69) is 10.5 Å². The molecule has 1 amide bonds. The smallest absolute Gasteiger partial charge is 0.248 e. The molecule has 31 heavy (non-hydrogen) atoms. The molecule has 160 valence electrons. The molecule has 3 aromatic carbocycles. The number of rotatable bonds is 7. The van der Waals surface area contributed by atoms with Crippen LogP contribution in [0.3, 0.4) is 0 Å². The van der Waals surface area contributed by atoms with Crippen LogP contribution in [0.1, 0.15) is 5.56 Å². The summed E-state index contributed by atoms with van der Waals surface area (Å²) in [5.41, 5.74) is 4.38. The van der Waals surface area contributed by atoms with Gasteiger partial charge in [-0.1, -0.05) is 35.3 Å². The first-order valence-corrected chi connectivity index (χ1v) is 12.1. The number of amides is 1. The Morgan fingerprint density at radius 1 is 0.903 bits per heavy atom. The Morgan fingerprint density at radius 2 is 1.39 bits per heavy atom. The lowest BCUT2D eigenvalue weighted by Crippen LogP contribution is -2.28. The highest BCUT2D eigenvalue weighted by Crippen LogP contribution is 2.43. The van der Waals surface area contributed by atoms with Crippen LogP contribution >= 0.6 is 30.3 Å². The number of anilines is 1. The Balaban J connectivity index is 1.77. The van der Waals surface area contributed by atoms with Crippen LogP contribution in [0.15, 0.2) is 77.9 Å². The van der Waals surface area contributed by atoms with Crippen molar-refractivity contribution in [3.8, 4) is 0 Å². The van der Waals surface area contributed by atoms with Crippen molar-refractivity contribution < 1.29 is 9.36 Å². The van der Waals surface area contributed by atoms with Gasteiger partial charge in [-0.3, -0.25) is 4.79 Å². The summed E-state index contributed by atoms with van der Waals surface area (Å²) in [6.07, 6.45) is 1.32. The van der Waals surface area contributed by atoms with Crippen LogP contribution in [0.2, 0.25) is 10.0 Å². The molecule has 0 unspecified atom stereocenters. The van der Waals surface area contributed by atoms with Gasteiger partial charge in [0.15, 0.2) is 7.14 Å². The predicted molar refractivity (Wildman–Crippen MR) is 131 cm³/mol. The van der Waals surface area contributed by atoms with E-state index in [9.17, 15) is 9.36 Å². The summed E-state index contributed by atoms with van der Waals surface area (Å²) >= 11 is 12.0. The molecule has 0 saturated heterocycles. The number of hydrogen-bond acceptors (Lipinski definition) is 4. The zero-order chi connectivity index (χ0) is 22.4. The molecule has 0 aliphatic rings. The molecule has 0 aromatic heterocycles. The zero-order valence-electron chi connectivity index (χ0n) is 17.1. The van der Waals surface area contributed by atoms with Gasteiger partial charge in [0, 0.05) is 40.4 Å². The van der Waals surface area contributed by atoms with Gasteiger partial charge >= 0.3 is 0 Å². The molecular formula is C23H22Cl2N3O2P. The molecule has 0 radical (unpaired) electrons. The average molecular weight is 474 g/mol. The maximum absolute atomic E-state index is 14.0. The molecule has 8 heteroatoms. The number of nitrogens with zero attached hydrogens (tertiary/aromatic N) is 2. The fourth-order valence-electron chi connectivity index (χ4n) is 2.97. The molecular weight excluding hydrogens is 452 g/mol. The minimum atomic E-state index is -3.26. The molecule has 0 aliphatic heterocycles. The number of hydrogen-bond donors (Lipinski definition) is 1. The van der Waals surface area contributed by atoms with E-state index in [4.69, 9.17) is 23.2 Å². The van der Waals surface area contributed by atoms with E-state index in [0.29, 0.717) is 20.7 Å². The second kappa shape index (κ2) is 10.1. The summed E-state index contributed by atoms with van der Waals surface area (Å²) in [7, 11) is 0.664. The van der Waals surface area contributed by atoms with Crippen LogP contribution in [-0.2, 0) is 9.36 Å². The van der Waals surface area contributed by atoms with E-state index in [1.54, 1.807) is 54.7 Å². The van der Waals surface area contributed by atoms with Crippen molar-refractivity contribution in [2.75, 3.05) is 25.2 Å². The maximum atomic E-state index is 14.0. The third-order valence-electron chi connectivity index (χ3n) is 4.67. The van der Waals surface area contributed by atoms with Gasteiger partial charge in [-0.15, -0.1) is 0 Å². The largest absolute Gasteiger partial charge is 0.378 e. The van der Waals surface area contributed by atoms with E-state index in [0.717, 1.165) is 11.3 Å². The van der Waals surface area contributed by atoms with Crippen molar-refractivity contribution in [3.63, 3.8) is 0 Å². The Hall–Kier alpha value is -2.59. The molecule has 3 aromatic rings. The summed E-state index contributed by atoms with van der Waals surface area (Å²) in [5, 5.41) is 6.15. The Bertz CT molecular complexity index is 1060. The van der Waals surface area contributed by atoms with Crippen LogP contribution in [0.4, 0.5) is 5.69 Å². The maximum Gasteiger partial charge on any atom is 0.248 e. The lowest BCUT2D eigenvalue weighted by atomic mass is 10.2. The molecule has 0 spiro atoms. The van der Waals surface area contributed by atoms with E-state index in [1.165, 1.54) is 0 Å². The van der Waals surface area contributed by atoms with Crippen LogP contribution in [-0.4, -0.2) is 32.4 Å². The average Bonchev–Trinajstić information content (AvgIpc) is 2.75. The van der Waals surface area contributed by atoms with E-state index in [-0.39, 0.29) is 6.16 Å². The van der Waals surface area contributed by atoms with Gasteiger partial charge in [0.25, 0.3) is 0 Å². The number of halogens is 2. The van der Waals surface area contributed by atoms with Crippen LogP contribution < -0.4 is 20.9 Å². The first-order valence-electron chi connectivity index (χ1n) is 9.48. The highest BCUT2D eigenvalue weighted by molar-refractivity contribution is 7.79. The van der Waals surface area contributed by atoms with Gasteiger partial charge in [0.1, 0.15) is 0 Å². The number of carbonyl (C=O) groups is 1. The molecule has 1 N–H and O–H groups in total. The van der Waals surface area contributed by atoms with Crippen molar-refractivity contribution in [1.82, 2.24) is 5.43 Å². The number of benzene rings is 3. The van der Waals surface area contributed by atoms with Gasteiger partial charge in [-0.2, -0.15) is 5.10 Å². The molecule has 3 rings (SSSR count). The Morgan fingerprint density at radius 3 is 1.84 bits per heavy atom. The summed E-state index contributed by atoms with van der Waals surface area (Å²) in [6, 6.07) is 21.1. The van der Waals surface area contributed by atoms with Crippen molar-refractivity contribution in [2.24, 2.45) is 5.10 Å². The van der Waals surface area contributed by atoms with Crippen molar-refractivity contribution >= 4 is 58.8 Å². The van der Waals surface area contributed by atoms with Gasteiger partial charge in [-0.05, 0) is 66.2 Å². The molecule has 0 heterocycles. The van der Waals surface area contributed by atoms with Crippen molar-refractivity contribution in [2.45, 2.75) is 0 Å². The molecule has 0 aliphatic carbocycles. The summed E-state index contributed by atoms with van der Waals surface area (Å²) < 4.78 is 14.0. The fourth-order valence-corrected chi connectivity index (χ4v) is 5.62. The molecule has 0 bridgehead atoms. The highest BCUT2D eigenvalue weighted by atomic mass is 35.5. The molecule has 5 nitrogen and oxygen atoms in total. The Kier molecular flexibility index (Phi) is 7.55. The van der Waals surface area contributed by atoms with E-state index < -0.39 is 13.0 Å². The summed E-state index contributed by atoms with van der Waals surface area (Å²) in [6.45, 7) is 0. The quantitative estimate of drug-likeness (QED) is 0.311. The summed E-state index contributed by atoms with van der Waals surface area (Å²) in [5.74, 6) is -0.450. The lowest BCUT2D eigenvalue weighted by molar-refractivity contribution is -0.118. The van der Waals surface area contributed by atoms with Gasteiger partial charge in [-0.25, -0.2) is 5.43 Å². The minimum absolute atomic E-state index is 0.229. The van der Waals surface area contributed by atoms with Gasteiger partial charge < -0.3 is 9.46 Å². The van der Waals surface area contributed by atoms with Crippen molar-refractivity contribution in [1.29, 1.82) is 0 Å². The topological polar surface area (TPSA) is 61.8 Å². The first kappa shape index (κ1) is 23.1. The molecule has 0 saturated carbocycles. The van der Waals surface area contributed by atoms with Gasteiger partial charge in [0.05, 0.1) is 12.4 Å². The van der Waals surface area contributed by atoms with Crippen LogP contribution in [0, 0.1) is 0 Å². The number of nitrogens with one attached hydrogen (secondary N) is 1. The number of hydrazone groups is 1.